The van der Waals surface area contributed by atoms with Crippen LogP contribution in [0.2, 0.25) is 5.02 Å². The van der Waals surface area contributed by atoms with Crippen LogP contribution in [0.5, 0.6) is 0 Å². The third-order valence-electron chi connectivity index (χ3n) is 3.21. The second-order valence-corrected chi connectivity index (χ2v) is 5.34. The molecule has 3 unspecified atom stereocenters. The number of halogens is 2. The Morgan fingerprint density at radius 1 is 1.38 bits per heavy atom. The molecule has 0 aromatic heterocycles. The van der Waals surface area contributed by atoms with Crippen LogP contribution in [0.25, 0.3) is 0 Å². The Labute approximate surface area is 137 Å². The molecule has 0 bridgehead atoms. The van der Waals surface area contributed by atoms with Crippen LogP contribution in [0.15, 0.2) is 24.3 Å². The Morgan fingerprint density at radius 2 is 1.95 bits per heavy atom. The summed E-state index contributed by atoms with van der Waals surface area (Å²) < 4.78 is 5.48. The minimum Gasteiger partial charge on any atom is -0.375 e. The van der Waals surface area contributed by atoms with Gasteiger partial charge >= 0.3 is 0 Å². The molecule has 4 nitrogen and oxygen atoms in total. The van der Waals surface area contributed by atoms with Gasteiger partial charge in [-0.05, 0) is 31.0 Å². The molecule has 21 heavy (non-hydrogen) atoms. The number of nitrogens with one attached hydrogen (secondary N) is 1. The first kappa shape index (κ1) is 20.2. The lowest BCUT2D eigenvalue weighted by Gasteiger charge is -2.25. The smallest absolute Gasteiger partial charge is 0.237 e. The summed E-state index contributed by atoms with van der Waals surface area (Å²) in [5.74, 6) is -0.143. The van der Waals surface area contributed by atoms with E-state index in [1.807, 2.05) is 26.0 Å². The van der Waals surface area contributed by atoms with Gasteiger partial charge in [-0.3, -0.25) is 4.79 Å². The van der Waals surface area contributed by atoms with Crippen LogP contribution >= 0.6 is 24.0 Å². The molecule has 1 rings (SSSR count). The summed E-state index contributed by atoms with van der Waals surface area (Å²) in [4.78, 5) is 11.9. The highest BCUT2D eigenvalue weighted by molar-refractivity contribution is 6.30. The van der Waals surface area contributed by atoms with Crippen LogP contribution in [-0.4, -0.2) is 25.1 Å². The lowest BCUT2D eigenvalue weighted by molar-refractivity contribution is -0.124. The van der Waals surface area contributed by atoms with Crippen molar-refractivity contribution in [2.45, 2.75) is 44.9 Å². The molecule has 0 radical (unpaired) electrons. The van der Waals surface area contributed by atoms with Crippen LogP contribution in [0.3, 0.4) is 0 Å². The first-order chi connectivity index (χ1) is 9.49. The second kappa shape index (κ2) is 10.0. The van der Waals surface area contributed by atoms with E-state index in [9.17, 15) is 4.79 Å². The van der Waals surface area contributed by atoms with Crippen molar-refractivity contribution < 1.29 is 9.53 Å². The van der Waals surface area contributed by atoms with E-state index in [1.54, 1.807) is 19.2 Å². The number of nitrogens with two attached hydrogens (primary N) is 1. The number of benzene rings is 1. The second-order valence-electron chi connectivity index (χ2n) is 4.90. The number of carbonyl (C=O) groups excluding carboxylic acids is 1. The molecule has 6 heteroatoms. The van der Waals surface area contributed by atoms with Gasteiger partial charge in [0.15, 0.2) is 0 Å². The van der Waals surface area contributed by atoms with Gasteiger partial charge in [-0.1, -0.05) is 37.1 Å². The van der Waals surface area contributed by atoms with Crippen molar-refractivity contribution in [1.29, 1.82) is 0 Å². The maximum absolute atomic E-state index is 11.9. The molecule has 0 fully saturated rings. The number of methoxy groups -OCH3 is 1. The van der Waals surface area contributed by atoms with Gasteiger partial charge in [-0.15, -0.1) is 12.4 Å². The van der Waals surface area contributed by atoms with Crippen LogP contribution in [0.1, 0.15) is 38.4 Å². The first-order valence-corrected chi connectivity index (χ1v) is 7.21. The third-order valence-corrected chi connectivity index (χ3v) is 3.46. The maximum atomic E-state index is 11.9. The minimum atomic E-state index is -0.467. The first-order valence-electron chi connectivity index (χ1n) is 6.83. The van der Waals surface area contributed by atoms with Crippen molar-refractivity contribution in [1.82, 2.24) is 5.32 Å². The maximum Gasteiger partial charge on any atom is 0.237 e. The summed E-state index contributed by atoms with van der Waals surface area (Å²) in [7, 11) is 1.62. The molecule has 0 saturated carbocycles. The van der Waals surface area contributed by atoms with Crippen molar-refractivity contribution >= 4 is 29.9 Å². The summed E-state index contributed by atoms with van der Waals surface area (Å²) in [5, 5.41) is 3.58. The van der Waals surface area contributed by atoms with E-state index in [2.05, 4.69) is 5.32 Å². The molecule has 3 atom stereocenters. The summed E-state index contributed by atoms with van der Waals surface area (Å²) in [6, 6.07) is 6.76. The Kier molecular flexibility index (Phi) is 9.62. The molecule has 0 aliphatic carbocycles. The van der Waals surface area contributed by atoms with E-state index in [-0.39, 0.29) is 30.5 Å². The molecule has 0 aliphatic rings. The molecular weight excluding hydrogens is 311 g/mol. The van der Waals surface area contributed by atoms with Crippen molar-refractivity contribution in [2.75, 3.05) is 7.11 Å². The van der Waals surface area contributed by atoms with E-state index in [0.29, 0.717) is 11.4 Å². The zero-order valence-electron chi connectivity index (χ0n) is 12.6. The quantitative estimate of drug-likeness (QED) is 0.805. The number of rotatable bonds is 7. The highest BCUT2D eigenvalue weighted by atomic mass is 35.5. The molecular formula is C15H24Cl2N2O2. The van der Waals surface area contributed by atoms with Gasteiger partial charge in [-0.2, -0.15) is 0 Å². The molecule has 1 aromatic rings. The van der Waals surface area contributed by atoms with E-state index >= 15 is 0 Å². The van der Waals surface area contributed by atoms with Crippen LogP contribution < -0.4 is 11.1 Å². The fraction of sp³-hybridized carbons (Fsp3) is 0.533. The molecule has 0 aliphatic heterocycles. The number of carbonyl (C=O) groups is 1. The Balaban J connectivity index is 0.00000400. The van der Waals surface area contributed by atoms with Crippen molar-refractivity contribution in [2.24, 2.45) is 5.73 Å². The number of ether oxygens (including phenoxy) is 1. The Bertz CT molecular complexity index is 426. The summed E-state index contributed by atoms with van der Waals surface area (Å²) in [6.07, 6.45) is 1.33. The molecule has 120 valence electrons. The van der Waals surface area contributed by atoms with Gasteiger partial charge in [0.25, 0.3) is 0 Å². The minimum absolute atomic E-state index is 0. The standard InChI is InChI=1S/C15H23ClN2O2.ClH/c1-4-5-13(17)15(19)18-10(2)14(20-3)11-6-8-12(16)9-7-11;/h6-10,13-14H,4-5,17H2,1-3H3,(H,18,19);1H. The Morgan fingerprint density at radius 3 is 2.43 bits per heavy atom. The van der Waals surface area contributed by atoms with Gasteiger partial charge in [-0.25, -0.2) is 0 Å². The fourth-order valence-electron chi connectivity index (χ4n) is 2.13. The predicted octanol–water partition coefficient (Wildman–Crippen LogP) is 3.08. The molecule has 0 spiro atoms. The van der Waals surface area contributed by atoms with Gasteiger partial charge in [0.05, 0.1) is 12.1 Å². The normalized spacial score (nSPS) is 14.7. The average molecular weight is 335 g/mol. The predicted molar refractivity (Wildman–Crippen MR) is 88.9 cm³/mol. The molecule has 1 amide bonds. The SMILES string of the molecule is CCCC(N)C(=O)NC(C)C(OC)c1ccc(Cl)cc1.Cl. The number of amides is 1. The lowest BCUT2D eigenvalue weighted by atomic mass is 10.0. The third kappa shape index (κ3) is 6.22. The van der Waals surface area contributed by atoms with Crippen molar-refractivity contribution in [3.05, 3.63) is 34.9 Å². The van der Waals surface area contributed by atoms with Crippen molar-refractivity contribution in [3.63, 3.8) is 0 Å². The number of hydrogen-bond donors (Lipinski definition) is 2. The number of hydrogen-bond acceptors (Lipinski definition) is 3. The van der Waals surface area contributed by atoms with Crippen LogP contribution in [0, 0.1) is 0 Å². The summed E-state index contributed by atoms with van der Waals surface area (Å²) in [6.45, 7) is 3.90. The van der Waals surface area contributed by atoms with Crippen molar-refractivity contribution in [3.8, 4) is 0 Å². The van der Waals surface area contributed by atoms with E-state index in [0.717, 1.165) is 12.0 Å². The average Bonchev–Trinajstić information content (AvgIpc) is 2.42. The summed E-state index contributed by atoms with van der Waals surface area (Å²) in [5.41, 5.74) is 6.77. The monoisotopic (exact) mass is 334 g/mol. The Hall–Kier alpha value is -0.810. The van der Waals surface area contributed by atoms with E-state index in [4.69, 9.17) is 22.1 Å². The van der Waals surface area contributed by atoms with Gasteiger partial charge < -0.3 is 15.8 Å². The summed E-state index contributed by atoms with van der Waals surface area (Å²) >= 11 is 5.87. The zero-order valence-corrected chi connectivity index (χ0v) is 14.2. The van der Waals surface area contributed by atoms with E-state index in [1.165, 1.54) is 0 Å². The van der Waals surface area contributed by atoms with Crippen LogP contribution in [-0.2, 0) is 9.53 Å². The fourth-order valence-corrected chi connectivity index (χ4v) is 2.26. The largest absolute Gasteiger partial charge is 0.375 e. The highest BCUT2D eigenvalue weighted by Crippen LogP contribution is 2.22. The molecule has 0 saturated heterocycles. The molecule has 3 N–H and O–H groups in total. The van der Waals surface area contributed by atoms with E-state index < -0.39 is 6.04 Å². The topological polar surface area (TPSA) is 64.4 Å². The molecule has 1 aromatic carbocycles. The van der Waals surface area contributed by atoms with Gasteiger partial charge in [0.1, 0.15) is 6.10 Å². The highest BCUT2D eigenvalue weighted by Gasteiger charge is 2.22. The van der Waals surface area contributed by atoms with Gasteiger partial charge in [0.2, 0.25) is 5.91 Å². The van der Waals surface area contributed by atoms with Crippen LogP contribution in [0.4, 0.5) is 0 Å². The molecule has 0 heterocycles. The lowest BCUT2D eigenvalue weighted by Crippen LogP contribution is -2.46. The van der Waals surface area contributed by atoms with Gasteiger partial charge in [0, 0.05) is 12.1 Å². The zero-order chi connectivity index (χ0) is 15.1.